The van der Waals surface area contributed by atoms with Crippen molar-refractivity contribution in [3.63, 3.8) is 0 Å². The van der Waals surface area contributed by atoms with Crippen LogP contribution in [0.4, 0.5) is 4.79 Å². The zero-order valence-electron chi connectivity index (χ0n) is 33.8. The second-order valence-corrected chi connectivity index (χ2v) is 16.8. The number of aliphatic hydroxyl groups excluding tert-OH is 1. The van der Waals surface area contributed by atoms with Crippen LogP contribution in [0.5, 0.6) is 0 Å². The van der Waals surface area contributed by atoms with Crippen molar-refractivity contribution in [2.45, 2.75) is 173 Å². The minimum atomic E-state index is -1.49. The quantitative estimate of drug-likeness (QED) is 0.0600. The zero-order valence-corrected chi connectivity index (χ0v) is 33.8. The van der Waals surface area contributed by atoms with Crippen LogP contribution >= 0.6 is 0 Å². The number of epoxide rings is 1. The highest BCUT2D eigenvalue weighted by atomic mass is 16.6. The lowest BCUT2D eigenvalue weighted by atomic mass is 9.88. The van der Waals surface area contributed by atoms with E-state index in [1.54, 1.807) is 49.1 Å². The Hall–Kier alpha value is -2.77. The SMILES string of the molecule is CC[C@@H](OC(C)=O)[C@@H](C)[C@H]1O[C@@H]1C[C@](C)(O)/C=C/C=C(\C)[C@H]1OC(=O)C[C@@H](O)CC[C@](C)(O)[C@@H](OC(=O)N2CCN(C3CCCCCC3)CC2)/C=C\[C@@H]1C. The van der Waals surface area contributed by atoms with Gasteiger partial charge in [0.15, 0.2) is 6.10 Å². The number of esters is 2. The van der Waals surface area contributed by atoms with Crippen LogP contribution in [-0.4, -0.2) is 123 Å². The third kappa shape index (κ3) is 13.2. The molecule has 3 fully saturated rings. The molecule has 2 saturated heterocycles. The van der Waals surface area contributed by atoms with Crippen LogP contribution in [0.3, 0.4) is 0 Å². The van der Waals surface area contributed by atoms with Crippen molar-refractivity contribution in [1.82, 2.24) is 9.80 Å². The number of amides is 1. The standard InChI is InChI=1S/C42H68N2O10/c1-8-34(51-31(5)45)30(4)39-35(52-39)27-41(6,49)20-13-14-28(2)38-29(3)17-18-36(42(7,50)21-19-33(46)26-37(47)54-38)53-40(48)44-24-22-43(23-25-44)32-15-11-9-10-12-16-32/h13-14,17-18,20,29-30,32-36,38-39,46,49-50H,8-12,15-16,19,21-27H2,1-7H3/b18-17-,20-13+,28-14+/t29-,30+,33-,34+,35+,36-,38+,39+,41+,42-/m0/s1. The average Bonchev–Trinajstić information content (AvgIpc) is 3.92. The highest BCUT2D eigenvalue weighted by molar-refractivity contribution is 5.70. The Bertz CT molecular complexity index is 1330. The van der Waals surface area contributed by atoms with Gasteiger partial charge in [-0.25, -0.2) is 4.79 Å². The molecule has 3 aliphatic heterocycles. The molecular formula is C42H68N2O10. The Kier molecular flexibility index (Phi) is 16.2. The number of allylic oxidation sites excluding steroid dienone is 2. The van der Waals surface area contributed by atoms with Gasteiger partial charge in [-0.1, -0.05) is 70.8 Å². The molecule has 0 unspecified atom stereocenters. The Labute approximate surface area is 322 Å². The fourth-order valence-electron chi connectivity index (χ4n) is 8.27. The molecule has 1 saturated carbocycles. The summed E-state index contributed by atoms with van der Waals surface area (Å²) in [6.07, 6.45) is 13.4. The fourth-order valence-corrected chi connectivity index (χ4v) is 8.27. The first-order chi connectivity index (χ1) is 25.5. The van der Waals surface area contributed by atoms with Gasteiger partial charge in [0, 0.05) is 57.4 Å². The molecule has 54 heavy (non-hydrogen) atoms. The van der Waals surface area contributed by atoms with Crippen molar-refractivity contribution >= 4 is 18.0 Å². The fraction of sp³-hybridized carbons (Fsp3) is 0.786. The van der Waals surface area contributed by atoms with Crippen LogP contribution in [0.25, 0.3) is 0 Å². The smallest absolute Gasteiger partial charge is 0.410 e. The molecule has 0 bridgehead atoms. The number of piperazine rings is 1. The summed E-state index contributed by atoms with van der Waals surface area (Å²) in [5.74, 6) is -1.28. The lowest BCUT2D eigenvalue weighted by Gasteiger charge is -2.40. The number of nitrogens with zero attached hydrogens (tertiary/aromatic N) is 2. The summed E-state index contributed by atoms with van der Waals surface area (Å²) in [4.78, 5) is 42.2. The van der Waals surface area contributed by atoms with Crippen LogP contribution in [0.15, 0.2) is 36.0 Å². The molecule has 4 rings (SSSR count). The van der Waals surface area contributed by atoms with Crippen molar-refractivity contribution in [1.29, 1.82) is 0 Å². The maximum absolute atomic E-state index is 13.5. The Morgan fingerprint density at radius 2 is 1.76 bits per heavy atom. The molecule has 3 heterocycles. The number of ether oxygens (including phenoxy) is 4. The van der Waals surface area contributed by atoms with Crippen LogP contribution in [-0.2, 0) is 28.5 Å². The molecule has 1 aliphatic carbocycles. The summed E-state index contributed by atoms with van der Waals surface area (Å²) in [5, 5.41) is 33.5. The van der Waals surface area contributed by atoms with Gasteiger partial charge in [0.1, 0.15) is 17.8 Å². The molecule has 0 radical (unpaired) electrons. The van der Waals surface area contributed by atoms with E-state index < -0.39 is 41.6 Å². The third-order valence-electron chi connectivity index (χ3n) is 11.8. The second kappa shape index (κ2) is 19.9. The number of aliphatic hydroxyl groups is 3. The van der Waals surface area contributed by atoms with E-state index >= 15 is 0 Å². The molecule has 0 aromatic carbocycles. The molecule has 1 amide bonds. The van der Waals surface area contributed by atoms with Crippen molar-refractivity contribution in [2.24, 2.45) is 11.8 Å². The molecule has 0 aromatic heterocycles. The lowest BCUT2D eigenvalue weighted by Crippen LogP contribution is -2.53. The average molecular weight is 761 g/mol. The van der Waals surface area contributed by atoms with Gasteiger partial charge in [0.25, 0.3) is 0 Å². The third-order valence-corrected chi connectivity index (χ3v) is 11.8. The predicted molar refractivity (Wildman–Crippen MR) is 205 cm³/mol. The number of hydrogen-bond donors (Lipinski definition) is 3. The summed E-state index contributed by atoms with van der Waals surface area (Å²) >= 11 is 0. The number of hydrogen-bond acceptors (Lipinski definition) is 11. The van der Waals surface area contributed by atoms with E-state index in [1.165, 1.54) is 45.4 Å². The van der Waals surface area contributed by atoms with Gasteiger partial charge < -0.3 is 39.2 Å². The van der Waals surface area contributed by atoms with Crippen molar-refractivity contribution < 1.29 is 48.7 Å². The van der Waals surface area contributed by atoms with Crippen molar-refractivity contribution in [3.05, 3.63) is 36.0 Å². The molecular weight excluding hydrogens is 692 g/mol. The normalized spacial score (nSPS) is 34.0. The maximum Gasteiger partial charge on any atom is 0.410 e. The minimum absolute atomic E-state index is 0.00662. The van der Waals surface area contributed by atoms with Crippen LogP contribution < -0.4 is 0 Å². The van der Waals surface area contributed by atoms with Gasteiger partial charge in [0.2, 0.25) is 0 Å². The van der Waals surface area contributed by atoms with E-state index in [2.05, 4.69) is 4.90 Å². The summed E-state index contributed by atoms with van der Waals surface area (Å²) in [7, 11) is 0. The first kappa shape index (κ1) is 44.0. The summed E-state index contributed by atoms with van der Waals surface area (Å²) in [6, 6.07) is 0.575. The molecule has 12 nitrogen and oxygen atoms in total. The molecule has 12 heteroatoms. The van der Waals surface area contributed by atoms with E-state index in [1.807, 2.05) is 27.7 Å². The van der Waals surface area contributed by atoms with Gasteiger partial charge in [-0.2, -0.15) is 0 Å². The molecule has 4 aliphatic rings. The summed E-state index contributed by atoms with van der Waals surface area (Å²) < 4.78 is 23.2. The highest BCUT2D eigenvalue weighted by Gasteiger charge is 2.48. The van der Waals surface area contributed by atoms with E-state index in [9.17, 15) is 29.7 Å². The highest BCUT2D eigenvalue weighted by Crippen LogP contribution is 2.38. The van der Waals surface area contributed by atoms with Gasteiger partial charge in [-0.15, -0.1) is 0 Å². The number of rotatable bonds is 11. The number of carbonyl (C=O) groups excluding carboxylic acids is 3. The van der Waals surface area contributed by atoms with Gasteiger partial charge in [0.05, 0.1) is 30.3 Å². The second-order valence-electron chi connectivity index (χ2n) is 16.8. The molecule has 10 atom stereocenters. The summed E-state index contributed by atoms with van der Waals surface area (Å²) in [5.41, 5.74) is -1.98. The van der Waals surface area contributed by atoms with E-state index in [0.717, 1.165) is 13.1 Å². The lowest BCUT2D eigenvalue weighted by molar-refractivity contribution is -0.152. The van der Waals surface area contributed by atoms with Crippen LogP contribution in [0.1, 0.15) is 119 Å². The van der Waals surface area contributed by atoms with Crippen LogP contribution in [0.2, 0.25) is 0 Å². The molecule has 306 valence electrons. The monoisotopic (exact) mass is 760 g/mol. The van der Waals surface area contributed by atoms with Gasteiger partial charge in [-0.05, 0) is 64.5 Å². The molecule has 0 aromatic rings. The predicted octanol–water partition coefficient (Wildman–Crippen LogP) is 5.62. The Morgan fingerprint density at radius 3 is 2.39 bits per heavy atom. The van der Waals surface area contributed by atoms with Gasteiger partial charge in [-0.3, -0.25) is 14.5 Å². The van der Waals surface area contributed by atoms with E-state index in [-0.39, 0.29) is 55.4 Å². The van der Waals surface area contributed by atoms with Gasteiger partial charge >= 0.3 is 18.0 Å². The van der Waals surface area contributed by atoms with E-state index in [4.69, 9.17) is 18.9 Å². The topological polar surface area (TPSA) is 159 Å². The first-order valence-corrected chi connectivity index (χ1v) is 20.4. The largest absolute Gasteiger partial charge is 0.462 e. The van der Waals surface area contributed by atoms with Crippen molar-refractivity contribution in [2.75, 3.05) is 26.2 Å². The van der Waals surface area contributed by atoms with Crippen LogP contribution in [0, 0.1) is 11.8 Å². The minimum Gasteiger partial charge on any atom is -0.462 e. The number of carbonyl (C=O) groups is 3. The first-order valence-electron chi connectivity index (χ1n) is 20.4. The Morgan fingerprint density at radius 1 is 1.09 bits per heavy atom. The molecule has 0 spiro atoms. The summed E-state index contributed by atoms with van der Waals surface area (Å²) in [6.45, 7) is 15.1. The Balaban J connectivity index is 1.41. The van der Waals surface area contributed by atoms with E-state index in [0.29, 0.717) is 37.5 Å². The molecule has 3 N–H and O–H groups in total. The number of cyclic esters (lactones) is 1. The maximum atomic E-state index is 13.5. The zero-order chi connectivity index (χ0) is 39.6. The van der Waals surface area contributed by atoms with Crippen molar-refractivity contribution in [3.8, 4) is 0 Å².